The fraction of sp³-hybridized carbons (Fsp3) is 0.400. The number of methoxy groups -OCH3 is 1. The normalized spacial score (nSPS) is 22.4. The third kappa shape index (κ3) is 8.87. The van der Waals surface area contributed by atoms with E-state index in [0.717, 1.165) is 21.9 Å². The molecule has 4 rings (SSSR count). The molecule has 0 radical (unpaired) electrons. The Kier molecular flexibility index (Phi) is 11.3. The highest BCUT2D eigenvalue weighted by Gasteiger charge is 2.47. The molecule has 1 fully saturated rings. The molecule has 0 aliphatic carbocycles. The second-order valence-corrected chi connectivity index (χ2v) is 10.3. The number of nitrogens with zero attached hydrogens (tertiary/aromatic N) is 1. The van der Waals surface area contributed by atoms with Crippen LogP contribution < -0.4 is 16.8 Å². The molecule has 3 aromatic rings. The second-order valence-electron chi connectivity index (χ2n) is 9.89. The molecule has 1 amide bonds. The molecule has 1 heterocycles. The van der Waals surface area contributed by atoms with Gasteiger partial charge in [-0.2, -0.15) is 0 Å². The summed E-state index contributed by atoms with van der Waals surface area (Å²) in [6, 6.07) is 20.5. The molecule has 0 bridgehead atoms. The van der Waals surface area contributed by atoms with Crippen LogP contribution in [0.2, 0.25) is 5.02 Å². The van der Waals surface area contributed by atoms with Crippen LogP contribution in [-0.2, 0) is 37.0 Å². The topological polar surface area (TPSA) is 151 Å². The van der Waals surface area contributed by atoms with E-state index >= 15 is 0 Å². The van der Waals surface area contributed by atoms with Gasteiger partial charge in [0.25, 0.3) is 0 Å². The Balaban J connectivity index is 1.54. The Morgan fingerprint density at radius 3 is 2.46 bits per heavy atom. The van der Waals surface area contributed by atoms with E-state index in [1.807, 2.05) is 54.6 Å². The number of aliphatic hydroxyl groups excluding tert-OH is 1. The minimum atomic E-state index is -1.10. The summed E-state index contributed by atoms with van der Waals surface area (Å²) in [5, 5.41) is 17.1. The molecule has 41 heavy (non-hydrogen) atoms. The van der Waals surface area contributed by atoms with Crippen LogP contribution in [0.3, 0.4) is 0 Å². The Bertz CT molecular complexity index is 1300. The van der Waals surface area contributed by atoms with Crippen molar-refractivity contribution in [1.29, 1.82) is 0 Å². The van der Waals surface area contributed by atoms with Crippen molar-refractivity contribution in [2.24, 2.45) is 16.5 Å². The van der Waals surface area contributed by atoms with Crippen molar-refractivity contribution >= 4 is 34.2 Å². The summed E-state index contributed by atoms with van der Waals surface area (Å²) in [5.74, 6) is -0.308. The number of nitrogens with two attached hydrogens (primary N) is 2. The SMILES string of the molecule is COC[C@H]1O[C@H](OCc2ccc(Cl)cc2)[C@H](NC(=O)CCCN=C(N)N)[C@@H](OCc2ccc3ccccc3c2)[C@@H]1O. The van der Waals surface area contributed by atoms with Gasteiger partial charge in [0.1, 0.15) is 24.4 Å². The lowest BCUT2D eigenvalue weighted by Crippen LogP contribution is -2.65. The van der Waals surface area contributed by atoms with E-state index in [9.17, 15) is 9.90 Å². The lowest BCUT2D eigenvalue weighted by atomic mass is 9.96. The molecule has 0 saturated carbocycles. The maximum atomic E-state index is 13.0. The minimum Gasteiger partial charge on any atom is -0.388 e. The van der Waals surface area contributed by atoms with Gasteiger partial charge in [0.15, 0.2) is 12.2 Å². The lowest BCUT2D eigenvalue weighted by Gasteiger charge is -2.44. The number of amides is 1. The number of hydrogen-bond donors (Lipinski definition) is 4. The number of fused-ring (bicyclic) bond motifs is 1. The van der Waals surface area contributed by atoms with E-state index in [4.69, 9.17) is 42.0 Å². The quantitative estimate of drug-likeness (QED) is 0.136. The number of benzene rings is 3. The summed E-state index contributed by atoms with van der Waals surface area (Å²) < 4.78 is 23.9. The third-order valence-corrected chi connectivity index (χ3v) is 7.02. The van der Waals surface area contributed by atoms with Crippen molar-refractivity contribution < 1.29 is 28.8 Å². The number of hydrogen-bond acceptors (Lipinski definition) is 7. The van der Waals surface area contributed by atoms with Crippen molar-refractivity contribution in [3.63, 3.8) is 0 Å². The first-order chi connectivity index (χ1) is 19.8. The predicted octanol–water partition coefficient (Wildman–Crippen LogP) is 2.87. The Hall–Kier alpha value is -3.25. The number of aliphatic imine (C=N–C) groups is 1. The third-order valence-electron chi connectivity index (χ3n) is 6.77. The highest BCUT2D eigenvalue weighted by atomic mass is 35.5. The van der Waals surface area contributed by atoms with Crippen LogP contribution in [0.5, 0.6) is 0 Å². The van der Waals surface area contributed by atoms with Gasteiger partial charge in [-0.1, -0.05) is 60.1 Å². The molecule has 1 saturated heterocycles. The molecule has 1 aliphatic heterocycles. The molecule has 10 nitrogen and oxygen atoms in total. The summed E-state index contributed by atoms with van der Waals surface area (Å²) in [4.78, 5) is 16.9. The van der Waals surface area contributed by atoms with Gasteiger partial charge in [-0.3, -0.25) is 9.79 Å². The number of carbonyl (C=O) groups excluding carboxylic acids is 1. The van der Waals surface area contributed by atoms with Gasteiger partial charge in [-0.25, -0.2) is 0 Å². The van der Waals surface area contributed by atoms with Crippen LogP contribution in [0.15, 0.2) is 71.7 Å². The van der Waals surface area contributed by atoms with E-state index in [1.54, 1.807) is 12.1 Å². The van der Waals surface area contributed by atoms with E-state index in [2.05, 4.69) is 10.3 Å². The first-order valence-electron chi connectivity index (χ1n) is 13.5. The van der Waals surface area contributed by atoms with Gasteiger partial charge in [0.2, 0.25) is 5.91 Å². The van der Waals surface area contributed by atoms with Crippen molar-refractivity contribution in [2.75, 3.05) is 20.3 Å². The van der Waals surface area contributed by atoms with Gasteiger partial charge < -0.3 is 40.8 Å². The van der Waals surface area contributed by atoms with Gasteiger partial charge in [-0.05, 0) is 46.5 Å². The number of ether oxygens (including phenoxy) is 4. The van der Waals surface area contributed by atoms with Crippen molar-refractivity contribution in [3.05, 3.63) is 82.9 Å². The molecular formula is C30H37ClN4O6. The number of nitrogens with one attached hydrogen (secondary N) is 1. The van der Waals surface area contributed by atoms with Crippen LogP contribution in [0.25, 0.3) is 10.8 Å². The first-order valence-corrected chi connectivity index (χ1v) is 13.8. The maximum absolute atomic E-state index is 13.0. The van der Waals surface area contributed by atoms with Crippen LogP contribution in [0.4, 0.5) is 0 Å². The van der Waals surface area contributed by atoms with Gasteiger partial charge in [0.05, 0.1) is 19.8 Å². The number of guanidine groups is 1. The largest absolute Gasteiger partial charge is 0.388 e. The van der Waals surface area contributed by atoms with Crippen LogP contribution in [0.1, 0.15) is 24.0 Å². The number of carbonyl (C=O) groups is 1. The number of rotatable bonds is 13. The molecule has 5 atom stereocenters. The Morgan fingerprint density at radius 2 is 1.73 bits per heavy atom. The molecule has 220 valence electrons. The Morgan fingerprint density at radius 1 is 1.02 bits per heavy atom. The standard InChI is InChI=1S/C30H37ClN4O6/c1-38-18-24-27(37)28(39-17-20-8-11-21-5-2-3-6-22(21)15-20)26(35-25(36)7-4-14-34-30(32)33)29(41-24)40-16-19-9-12-23(31)13-10-19/h2-3,5-6,8-13,15,24,26-29,37H,4,7,14,16-18H2,1H3,(H,35,36)(H4,32,33,34)/t24-,26-,27-,28-,29+/m1/s1. The van der Waals surface area contributed by atoms with Crippen LogP contribution >= 0.6 is 11.6 Å². The molecule has 0 aromatic heterocycles. The lowest BCUT2D eigenvalue weighted by molar-refractivity contribution is -0.282. The van der Waals surface area contributed by atoms with Crippen LogP contribution in [0, 0.1) is 0 Å². The molecule has 11 heteroatoms. The zero-order chi connectivity index (χ0) is 29.2. The van der Waals surface area contributed by atoms with Gasteiger partial charge in [-0.15, -0.1) is 0 Å². The summed E-state index contributed by atoms with van der Waals surface area (Å²) in [5.41, 5.74) is 12.6. The van der Waals surface area contributed by atoms with Crippen LogP contribution in [-0.4, -0.2) is 67.9 Å². The first kappa shape index (κ1) is 30.7. The Labute approximate surface area is 244 Å². The van der Waals surface area contributed by atoms with Crippen molar-refractivity contribution in [3.8, 4) is 0 Å². The average molecular weight is 585 g/mol. The second kappa shape index (κ2) is 15.1. The molecule has 1 aliphatic rings. The predicted molar refractivity (Wildman–Crippen MR) is 157 cm³/mol. The summed E-state index contributed by atoms with van der Waals surface area (Å²) in [6.07, 6.45) is -3.04. The van der Waals surface area contributed by atoms with Crippen molar-refractivity contribution in [1.82, 2.24) is 5.32 Å². The highest BCUT2D eigenvalue weighted by molar-refractivity contribution is 6.30. The minimum absolute atomic E-state index is 0.0313. The zero-order valence-electron chi connectivity index (χ0n) is 22.9. The molecule has 6 N–H and O–H groups in total. The number of aliphatic hydroxyl groups is 1. The fourth-order valence-electron chi connectivity index (χ4n) is 4.70. The molecule has 0 spiro atoms. The van der Waals surface area contributed by atoms with E-state index in [1.165, 1.54) is 7.11 Å². The molecule has 3 aromatic carbocycles. The summed E-state index contributed by atoms with van der Waals surface area (Å²) in [6.45, 7) is 0.809. The smallest absolute Gasteiger partial charge is 0.220 e. The fourth-order valence-corrected chi connectivity index (χ4v) is 4.83. The summed E-state index contributed by atoms with van der Waals surface area (Å²) in [7, 11) is 1.52. The van der Waals surface area contributed by atoms with E-state index < -0.39 is 30.6 Å². The highest BCUT2D eigenvalue weighted by Crippen LogP contribution is 2.27. The van der Waals surface area contributed by atoms with Crippen molar-refractivity contribution in [2.45, 2.75) is 56.7 Å². The average Bonchev–Trinajstić information content (AvgIpc) is 2.96. The number of halogens is 1. The van der Waals surface area contributed by atoms with Gasteiger partial charge in [0, 0.05) is 25.1 Å². The zero-order valence-corrected chi connectivity index (χ0v) is 23.7. The van der Waals surface area contributed by atoms with Gasteiger partial charge >= 0.3 is 0 Å². The van der Waals surface area contributed by atoms with E-state index in [-0.39, 0.29) is 38.1 Å². The maximum Gasteiger partial charge on any atom is 0.220 e. The molecule has 0 unspecified atom stereocenters. The monoisotopic (exact) mass is 584 g/mol. The van der Waals surface area contributed by atoms with E-state index in [0.29, 0.717) is 18.0 Å². The summed E-state index contributed by atoms with van der Waals surface area (Å²) >= 11 is 6.02. The molecular weight excluding hydrogens is 548 g/mol.